The lowest BCUT2D eigenvalue weighted by Crippen LogP contribution is -2.49. The molecule has 0 spiro atoms. The highest BCUT2D eigenvalue weighted by Crippen LogP contribution is 2.40. The number of ether oxygens (including phenoxy) is 2. The van der Waals surface area contributed by atoms with Gasteiger partial charge in [0, 0.05) is 25.7 Å². The van der Waals surface area contributed by atoms with Gasteiger partial charge in [-0.2, -0.15) is 0 Å². The number of aromatic nitrogens is 1. The third kappa shape index (κ3) is 4.16. The molecule has 2 radical (unpaired) electrons. The number of alkyl halides is 2. The summed E-state index contributed by atoms with van der Waals surface area (Å²) in [5, 5.41) is 0. The van der Waals surface area contributed by atoms with Crippen molar-refractivity contribution in [2.24, 2.45) is 0 Å². The largest absolute Gasteiger partial charge is 0.481 e. The number of carbonyl (C=O) groups excluding carboxylic acids is 1. The molecule has 1 fully saturated rings. The van der Waals surface area contributed by atoms with Crippen LogP contribution in [0.25, 0.3) is 0 Å². The van der Waals surface area contributed by atoms with E-state index in [-0.39, 0.29) is 30.0 Å². The van der Waals surface area contributed by atoms with Crippen LogP contribution in [0.2, 0.25) is 0 Å². The number of hydrogen-bond donors (Lipinski definition) is 0. The lowest BCUT2D eigenvalue weighted by molar-refractivity contribution is -0.0771. The second-order valence-electron chi connectivity index (χ2n) is 6.86. The summed E-state index contributed by atoms with van der Waals surface area (Å²) in [4.78, 5) is 17.4. The Hall–Kier alpha value is -1.86. The van der Waals surface area contributed by atoms with Gasteiger partial charge in [0.2, 0.25) is 5.88 Å². The van der Waals surface area contributed by atoms with Crippen LogP contribution in [-0.2, 0) is 4.74 Å². The molecular weight excluding hydrogens is 317 g/mol. The molecule has 5 nitrogen and oxygen atoms in total. The fourth-order valence-electron chi connectivity index (χ4n) is 2.59. The highest BCUT2D eigenvalue weighted by atomic mass is 19.3. The van der Waals surface area contributed by atoms with Gasteiger partial charge in [-0.1, -0.05) is 6.07 Å². The molecule has 0 bridgehead atoms. The van der Waals surface area contributed by atoms with E-state index in [2.05, 4.69) is 4.98 Å². The first-order valence-corrected chi connectivity index (χ1v) is 7.68. The molecule has 1 aromatic rings. The molecule has 1 aliphatic heterocycles. The summed E-state index contributed by atoms with van der Waals surface area (Å²) in [6, 6.07) is 1.42. The summed E-state index contributed by atoms with van der Waals surface area (Å²) in [7, 11) is 7.17. The fourth-order valence-corrected chi connectivity index (χ4v) is 2.59. The van der Waals surface area contributed by atoms with Gasteiger partial charge >= 0.3 is 6.09 Å². The standard InChI is InChI=1S/C16H21BF2N2O3/c1-15(2,3)24-14(22)21-6-5-16(18,19)11(9-21)10-7-12(17)13(23-4)20-8-10/h7-8,11H,5-6,9H2,1-4H3. The molecule has 1 unspecified atom stereocenters. The third-order valence-electron chi connectivity index (χ3n) is 3.78. The molecule has 1 atom stereocenters. The summed E-state index contributed by atoms with van der Waals surface area (Å²) >= 11 is 0. The molecular formula is C16H21BF2N2O3. The molecule has 0 aromatic carbocycles. The number of carbonyl (C=O) groups is 1. The van der Waals surface area contributed by atoms with E-state index in [0.717, 1.165) is 0 Å². The van der Waals surface area contributed by atoms with Gasteiger partial charge in [0.1, 0.15) is 13.4 Å². The van der Waals surface area contributed by atoms with Crippen molar-refractivity contribution in [3.63, 3.8) is 0 Å². The van der Waals surface area contributed by atoms with E-state index in [1.807, 2.05) is 0 Å². The molecule has 0 N–H and O–H groups in total. The van der Waals surface area contributed by atoms with Crippen molar-refractivity contribution in [3.8, 4) is 5.88 Å². The Morgan fingerprint density at radius 1 is 1.46 bits per heavy atom. The Kier molecular flexibility index (Phi) is 5.06. The average Bonchev–Trinajstić information content (AvgIpc) is 2.45. The van der Waals surface area contributed by atoms with Crippen molar-refractivity contribution in [1.29, 1.82) is 0 Å². The minimum Gasteiger partial charge on any atom is -0.481 e. The highest BCUT2D eigenvalue weighted by Gasteiger charge is 2.46. The lowest BCUT2D eigenvalue weighted by Gasteiger charge is -2.39. The Bertz CT molecular complexity index is 620. The van der Waals surface area contributed by atoms with Crippen LogP contribution in [0.3, 0.4) is 0 Å². The minimum absolute atomic E-state index is 0.0581. The van der Waals surface area contributed by atoms with Crippen LogP contribution in [0, 0.1) is 0 Å². The van der Waals surface area contributed by atoms with Crippen LogP contribution in [0.5, 0.6) is 5.88 Å². The molecule has 2 heterocycles. The molecule has 1 aromatic heterocycles. The molecule has 0 saturated carbocycles. The minimum atomic E-state index is -2.96. The van der Waals surface area contributed by atoms with Gasteiger partial charge in [-0.15, -0.1) is 0 Å². The Morgan fingerprint density at radius 2 is 2.12 bits per heavy atom. The van der Waals surface area contributed by atoms with Gasteiger partial charge in [0.15, 0.2) is 0 Å². The van der Waals surface area contributed by atoms with Crippen LogP contribution in [-0.4, -0.2) is 55.5 Å². The molecule has 1 aliphatic rings. The summed E-state index contributed by atoms with van der Waals surface area (Å²) in [6.45, 7) is 4.98. The first kappa shape index (κ1) is 18.5. The van der Waals surface area contributed by atoms with Crippen LogP contribution in [0.4, 0.5) is 13.6 Å². The third-order valence-corrected chi connectivity index (χ3v) is 3.78. The zero-order valence-corrected chi connectivity index (χ0v) is 14.3. The second-order valence-corrected chi connectivity index (χ2v) is 6.86. The molecule has 2 rings (SSSR count). The first-order chi connectivity index (χ1) is 11.0. The van der Waals surface area contributed by atoms with Gasteiger partial charge in [0.05, 0.1) is 13.0 Å². The maximum Gasteiger partial charge on any atom is 0.410 e. The number of hydrogen-bond acceptors (Lipinski definition) is 4. The van der Waals surface area contributed by atoms with E-state index in [1.54, 1.807) is 20.8 Å². The number of methoxy groups -OCH3 is 1. The van der Waals surface area contributed by atoms with E-state index < -0.39 is 30.0 Å². The van der Waals surface area contributed by atoms with Crippen molar-refractivity contribution in [1.82, 2.24) is 9.88 Å². The molecule has 1 amide bonds. The Morgan fingerprint density at radius 3 is 2.67 bits per heavy atom. The quantitative estimate of drug-likeness (QED) is 0.776. The normalized spacial score (nSPS) is 20.6. The highest BCUT2D eigenvalue weighted by molar-refractivity contribution is 6.34. The molecule has 8 heteroatoms. The van der Waals surface area contributed by atoms with Crippen molar-refractivity contribution in [3.05, 3.63) is 17.8 Å². The SMILES string of the molecule is [B]c1cc(C2CN(C(=O)OC(C)(C)C)CCC2(F)F)cnc1OC. The zero-order chi connectivity index (χ0) is 18.1. The van der Waals surface area contributed by atoms with Crippen LogP contribution in [0.15, 0.2) is 12.3 Å². The zero-order valence-electron chi connectivity index (χ0n) is 14.3. The molecule has 0 aliphatic carbocycles. The van der Waals surface area contributed by atoms with Gasteiger partial charge in [-0.25, -0.2) is 18.6 Å². The Labute approximate surface area is 141 Å². The number of pyridine rings is 1. The summed E-state index contributed by atoms with van der Waals surface area (Å²) in [5.41, 5.74) is -0.231. The summed E-state index contributed by atoms with van der Waals surface area (Å²) < 4.78 is 38.9. The number of amides is 1. The fraction of sp³-hybridized carbons (Fsp3) is 0.625. The van der Waals surface area contributed by atoms with Crippen LogP contribution < -0.4 is 10.2 Å². The first-order valence-electron chi connectivity index (χ1n) is 7.68. The predicted molar refractivity (Wildman–Crippen MR) is 86.3 cm³/mol. The monoisotopic (exact) mass is 338 g/mol. The van der Waals surface area contributed by atoms with Crippen molar-refractivity contribution in [2.75, 3.05) is 20.2 Å². The van der Waals surface area contributed by atoms with Crippen molar-refractivity contribution in [2.45, 2.75) is 44.6 Å². The van der Waals surface area contributed by atoms with Crippen molar-refractivity contribution < 1.29 is 23.0 Å². The smallest absolute Gasteiger partial charge is 0.410 e. The number of piperidine rings is 1. The van der Waals surface area contributed by atoms with E-state index in [0.29, 0.717) is 0 Å². The number of rotatable bonds is 2. The van der Waals surface area contributed by atoms with Crippen molar-refractivity contribution >= 4 is 19.4 Å². The molecule has 24 heavy (non-hydrogen) atoms. The van der Waals surface area contributed by atoms with Gasteiger partial charge in [-0.05, 0) is 31.8 Å². The number of likely N-dealkylation sites (tertiary alicyclic amines) is 1. The van der Waals surface area contributed by atoms with E-state index in [9.17, 15) is 13.6 Å². The van der Waals surface area contributed by atoms with Gasteiger partial charge in [-0.3, -0.25) is 0 Å². The topological polar surface area (TPSA) is 51.7 Å². The second kappa shape index (κ2) is 6.57. The predicted octanol–water partition coefficient (Wildman–Crippen LogP) is 2.24. The lowest BCUT2D eigenvalue weighted by atomic mass is 9.85. The van der Waals surface area contributed by atoms with E-state index in [4.69, 9.17) is 17.3 Å². The number of nitrogens with zero attached hydrogens (tertiary/aromatic N) is 2. The Balaban J connectivity index is 2.23. The maximum absolute atomic E-state index is 14.4. The van der Waals surface area contributed by atoms with Gasteiger partial charge in [0.25, 0.3) is 5.92 Å². The number of halogens is 2. The summed E-state index contributed by atoms with van der Waals surface area (Å²) in [5.74, 6) is -3.97. The molecule has 130 valence electrons. The van der Waals surface area contributed by atoms with Crippen LogP contribution >= 0.6 is 0 Å². The molecule has 1 saturated heterocycles. The van der Waals surface area contributed by atoms with Crippen LogP contribution in [0.1, 0.15) is 38.7 Å². The van der Waals surface area contributed by atoms with Gasteiger partial charge < -0.3 is 14.4 Å². The average molecular weight is 338 g/mol. The van der Waals surface area contributed by atoms with E-state index in [1.165, 1.54) is 24.3 Å². The van der Waals surface area contributed by atoms with E-state index >= 15 is 0 Å². The summed E-state index contributed by atoms with van der Waals surface area (Å²) in [6.07, 6.45) is 0.271. The maximum atomic E-state index is 14.4.